The highest BCUT2D eigenvalue weighted by molar-refractivity contribution is 7.99. The summed E-state index contributed by atoms with van der Waals surface area (Å²) in [5.41, 5.74) is 2.17. The van der Waals surface area contributed by atoms with Gasteiger partial charge in [0.05, 0.1) is 11.9 Å². The van der Waals surface area contributed by atoms with Gasteiger partial charge in [-0.2, -0.15) is 16.9 Å². The average molecular weight is 367 g/mol. The second-order valence-electron chi connectivity index (χ2n) is 5.66. The Morgan fingerprint density at radius 3 is 2.96 bits per heavy atom. The Hall–Kier alpha value is -1.50. The van der Waals surface area contributed by atoms with E-state index in [0.29, 0.717) is 19.0 Å². The summed E-state index contributed by atoms with van der Waals surface area (Å²) >= 11 is 1.91. The van der Waals surface area contributed by atoms with Crippen molar-refractivity contribution in [2.75, 3.05) is 24.6 Å². The first-order valence-electron chi connectivity index (χ1n) is 7.98. The van der Waals surface area contributed by atoms with Gasteiger partial charge in [-0.15, -0.1) is 12.4 Å². The zero-order valence-corrected chi connectivity index (χ0v) is 15.1. The van der Waals surface area contributed by atoms with Crippen LogP contribution in [0.15, 0.2) is 42.7 Å². The Kier molecular flexibility index (Phi) is 7.62. The van der Waals surface area contributed by atoms with E-state index in [1.54, 1.807) is 0 Å². The van der Waals surface area contributed by atoms with E-state index >= 15 is 0 Å². The predicted octanol–water partition coefficient (Wildman–Crippen LogP) is 2.05. The van der Waals surface area contributed by atoms with Crippen LogP contribution in [0.25, 0.3) is 5.69 Å². The van der Waals surface area contributed by atoms with Gasteiger partial charge in [-0.3, -0.25) is 4.79 Å². The normalized spacial score (nSPS) is 17.1. The number of rotatable bonds is 6. The number of carbonyl (C=O) groups excluding carboxylic acids is 1. The van der Waals surface area contributed by atoms with Crippen LogP contribution in [0.4, 0.5) is 0 Å². The molecule has 1 saturated heterocycles. The smallest absolute Gasteiger partial charge is 0.221 e. The average Bonchev–Trinajstić information content (AvgIpc) is 3.05. The molecule has 24 heavy (non-hydrogen) atoms. The third kappa shape index (κ3) is 5.54. The minimum atomic E-state index is 0. The topological polar surface area (TPSA) is 59.0 Å². The summed E-state index contributed by atoms with van der Waals surface area (Å²) in [6.45, 7) is 1.65. The molecule has 130 valence electrons. The standard InChI is InChI=1S/C17H22N4OS.ClH/c22-17(10-15-13-23-9-8-18-15)19-7-6-14-11-20-21(12-14)16-4-2-1-3-5-16;/h1-5,11-12,15,18H,6-10,13H2,(H,19,22);1H. The first-order valence-corrected chi connectivity index (χ1v) is 9.13. The Balaban J connectivity index is 0.00000208. The Bertz CT molecular complexity index is 629. The van der Waals surface area contributed by atoms with Crippen molar-refractivity contribution in [3.8, 4) is 5.69 Å². The van der Waals surface area contributed by atoms with Crippen molar-refractivity contribution in [2.24, 2.45) is 0 Å². The number of benzene rings is 1. The summed E-state index contributed by atoms with van der Waals surface area (Å²) in [5.74, 6) is 2.29. The van der Waals surface area contributed by atoms with Crippen LogP contribution in [0, 0.1) is 0 Å². The second-order valence-corrected chi connectivity index (χ2v) is 6.81. The molecule has 1 unspecified atom stereocenters. The first-order chi connectivity index (χ1) is 11.3. The third-order valence-corrected chi connectivity index (χ3v) is 4.95. The number of thioether (sulfide) groups is 1. The van der Waals surface area contributed by atoms with Crippen molar-refractivity contribution in [1.29, 1.82) is 0 Å². The monoisotopic (exact) mass is 366 g/mol. The fourth-order valence-electron chi connectivity index (χ4n) is 2.60. The van der Waals surface area contributed by atoms with Gasteiger partial charge in [-0.25, -0.2) is 4.68 Å². The maximum atomic E-state index is 11.9. The molecule has 1 aliphatic heterocycles. The summed E-state index contributed by atoms with van der Waals surface area (Å²) in [6.07, 6.45) is 5.24. The number of amides is 1. The number of para-hydroxylation sites is 1. The molecule has 1 fully saturated rings. The van der Waals surface area contributed by atoms with Crippen LogP contribution in [0.2, 0.25) is 0 Å². The molecule has 0 spiro atoms. The molecule has 1 aromatic carbocycles. The van der Waals surface area contributed by atoms with Crippen LogP contribution in [-0.2, 0) is 11.2 Å². The molecule has 5 nitrogen and oxygen atoms in total. The summed E-state index contributed by atoms with van der Waals surface area (Å²) in [5, 5.41) is 10.8. The second kappa shape index (κ2) is 9.71. The lowest BCUT2D eigenvalue weighted by Crippen LogP contribution is -2.41. The van der Waals surface area contributed by atoms with Gasteiger partial charge >= 0.3 is 0 Å². The van der Waals surface area contributed by atoms with Crippen LogP contribution in [0.5, 0.6) is 0 Å². The van der Waals surface area contributed by atoms with E-state index in [2.05, 4.69) is 15.7 Å². The molecule has 0 aliphatic carbocycles. The summed E-state index contributed by atoms with van der Waals surface area (Å²) in [7, 11) is 0. The SMILES string of the molecule is Cl.O=C(CC1CSCCN1)NCCc1cnn(-c2ccccc2)c1. The van der Waals surface area contributed by atoms with Gasteiger partial charge in [0.25, 0.3) is 0 Å². The minimum Gasteiger partial charge on any atom is -0.356 e. The quantitative estimate of drug-likeness (QED) is 0.821. The Morgan fingerprint density at radius 1 is 1.38 bits per heavy atom. The third-order valence-electron chi connectivity index (χ3n) is 3.82. The number of hydrogen-bond donors (Lipinski definition) is 2. The highest BCUT2D eigenvalue weighted by Crippen LogP contribution is 2.10. The highest BCUT2D eigenvalue weighted by atomic mass is 35.5. The van der Waals surface area contributed by atoms with Crippen molar-refractivity contribution in [1.82, 2.24) is 20.4 Å². The van der Waals surface area contributed by atoms with Gasteiger partial charge < -0.3 is 10.6 Å². The molecule has 0 bridgehead atoms. The summed E-state index contributed by atoms with van der Waals surface area (Å²) in [6, 6.07) is 10.3. The zero-order chi connectivity index (χ0) is 15.9. The van der Waals surface area contributed by atoms with Crippen molar-refractivity contribution >= 4 is 30.1 Å². The van der Waals surface area contributed by atoms with E-state index < -0.39 is 0 Å². The highest BCUT2D eigenvalue weighted by Gasteiger charge is 2.16. The molecule has 1 atom stereocenters. The van der Waals surface area contributed by atoms with Gasteiger partial charge in [0.1, 0.15) is 0 Å². The number of aromatic nitrogens is 2. The van der Waals surface area contributed by atoms with Crippen molar-refractivity contribution in [3.63, 3.8) is 0 Å². The lowest BCUT2D eigenvalue weighted by atomic mass is 10.2. The summed E-state index contributed by atoms with van der Waals surface area (Å²) < 4.78 is 1.86. The fourth-order valence-corrected chi connectivity index (χ4v) is 3.55. The molecule has 0 radical (unpaired) electrons. The minimum absolute atomic E-state index is 0. The lowest BCUT2D eigenvalue weighted by Gasteiger charge is -2.22. The first kappa shape index (κ1) is 18.8. The summed E-state index contributed by atoms with van der Waals surface area (Å²) in [4.78, 5) is 11.9. The molecule has 3 rings (SSSR count). The predicted molar refractivity (Wildman–Crippen MR) is 101 cm³/mol. The number of halogens is 1. The zero-order valence-electron chi connectivity index (χ0n) is 13.5. The van der Waals surface area contributed by atoms with E-state index in [0.717, 1.165) is 35.7 Å². The molecule has 0 saturated carbocycles. The van der Waals surface area contributed by atoms with Crippen molar-refractivity contribution in [3.05, 3.63) is 48.3 Å². The number of carbonyl (C=O) groups is 1. The molecule has 2 N–H and O–H groups in total. The van der Waals surface area contributed by atoms with Crippen LogP contribution in [0.3, 0.4) is 0 Å². The van der Waals surface area contributed by atoms with Gasteiger partial charge in [0, 0.05) is 43.3 Å². The van der Waals surface area contributed by atoms with Gasteiger partial charge in [-0.05, 0) is 24.1 Å². The number of nitrogens with one attached hydrogen (secondary N) is 2. The number of nitrogens with zero attached hydrogens (tertiary/aromatic N) is 2. The van der Waals surface area contributed by atoms with E-state index in [-0.39, 0.29) is 18.3 Å². The molecule has 7 heteroatoms. The molecule has 2 heterocycles. The Labute approximate surface area is 153 Å². The van der Waals surface area contributed by atoms with E-state index in [9.17, 15) is 4.79 Å². The molecular formula is C17H23ClN4OS. The van der Waals surface area contributed by atoms with Gasteiger partial charge in [-0.1, -0.05) is 18.2 Å². The van der Waals surface area contributed by atoms with Crippen LogP contribution in [-0.4, -0.2) is 46.3 Å². The molecule has 1 aromatic heterocycles. The molecule has 2 aromatic rings. The van der Waals surface area contributed by atoms with Crippen molar-refractivity contribution < 1.29 is 4.79 Å². The van der Waals surface area contributed by atoms with Gasteiger partial charge in [0.2, 0.25) is 5.91 Å². The lowest BCUT2D eigenvalue weighted by molar-refractivity contribution is -0.121. The fraction of sp³-hybridized carbons (Fsp3) is 0.412. The Morgan fingerprint density at radius 2 is 2.21 bits per heavy atom. The van der Waals surface area contributed by atoms with Gasteiger partial charge in [0.15, 0.2) is 0 Å². The largest absolute Gasteiger partial charge is 0.356 e. The maximum absolute atomic E-state index is 11.9. The number of hydrogen-bond acceptors (Lipinski definition) is 4. The van der Waals surface area contributed by atoms with Crippen LogP contribution < -0.4 is 10.6 Å². The molecular weight excluding hydrogens is 344 g/mol. The maximum Gasteiger partial charge on any atom is 0.221 e. The van der Waals surface area contributed by atoms with Crippen molar-refractivity contribution in [2.45, 2.75) is 18.9 Å². The molecule has 1 aliphatic rings. The van der Waals surface area contributed by atoms with E-state index in [4.69, 9.17) is 0 Å². The van der Waals surface area contributed by atoms with Crippen LogP contribution in [0.1, 0.15) is 12.0 Å². The van der Waals surface area contributed by atoms with Crippen LogP contribution >= 0.6 is 24.2 Å². The van der Waals surface area contributed by atoms with E-state index in [1.165, 1.54) is 0 Å². The molecule has 1 amide bonds. The van der Waals surface area contributed by atoms with E-state index in [1.807, 2.05) is 59.2 Å².